The van der Waals surface area contributed by atoms with Crippen molar-refractivity contribution in [3.8, 4) is 0 Å². The molecule has 1 aromatic rings. The van der Waals surface area contributed by atoms with Crippen molar-refractivity contribution >= 4 is 11.6 Å². The summed E-state index contributed by atoms with van der Waals surface area (Å²) in [5.41, 5.74) is 4.89. The summed E-state index contributed by atoms with van der Waals surface area (Å²) in [6.45, 7) is 0.434. The van der Waals surface area contributed by atoms with E-state index in [4.69, 9.17) is 5.73 Å². The molecule has 0 radical (unpaired) electrons. The number of anilines is 1. The van der Waals surface area contributed by atoms with E-state index in [0.717, 1.165) is 31.4 Å². The molecule has 3 nitrogen and oxygen atoms in total. The number of amides is 1. The molecule has 0 atom stereocenters. The normalized spacial score (nSPS) is 17.4. The van der Waals surface area contributed by atoms with E-state index in [1.165, 1.54) is 12.1 Å². The average Bonchev–Trinajstić information content (AvgIpc) is 2.33. The van der Waals surface area contributed by atoms with Gasteiger partial charge in [-0.1, -0.05) is 12.5 Å². The molecule has 0 spiro atoms. The first-order valence-corrected chi connectivity index (χ1v) is 6.52. The van der Waals surface area contributed by atoms with Crippen molar-refractivity contribution in [1.82, 2.24) is 0 Å². The summed E-state index contributed by atoms with van der Waals surface area (Å²) in [7, 11) is 0. The van der Waals surface area contributed by atoms with Crippen LogP contribution in [-0.2, 0) is 11.0 Å². The molecule has 0 unspecified atom stereocenters. The number of carbonyl (C=O) groups is 1. The van der Waals surface area contributed by atoms with E-state index in [2.05, 4.69) is 5.32 Å². The monoisotopic (exact) mass is 286 g/mol. The zero-order valence-corrected chi connectivity index (χ0v) is 11.0. The minimum absolute atomic E-state index is 0.161. The first-order valence-electron chi connectivity index (χ1n) is 6.52. The van der Waals surface area contributed by atoms with Crippen LogP contribution in [0.25, 0.3) is 0 Å². The number of benzene rings is 1. The fourth-order valence-corrected chi connectivity index (χ4v) is 2.45. The first-order chi connectivity index (χ1) is 9.35. The zero-order valence-electron chi connectivity index (χ0n) is 11.0. The highest BCUT2D eigenvalue weighted by Crippen LogP contribution is 2.43. The smallest absolute Gasteiger partial charge is 0.330 e. The number of rotatable bonds is 4. The highest BCUT2D eigenvalue weighted by Gasteiger charge is 2.37. The molecule has 1 aromatic carbocycles. The Morgan fingerprint density at radius 1 is 1.35 bits per heavy atom. The lowest BCUT2D eigenvalue weighted by molar-refractivity contribution is -0.137. The molecule has 20 heavy (non-hydrogen) atoms. The fourth-order valence-electron chi connectivity index (χ4n) is 2.45. The SMILES string of the molecule is NCC1(CC(=O)Nc2cccc(C(F)(F)F)c2)CCC1. The molecule has 0 heterocycles. The molecule has 0 aliphatic heterocycles. The Bertz CT molecular complexity index is 490. The molecule has 0 bridgehead atoms. The van der Waals surface area contributed by atoms with Crippen molar-refractivity contribution in [3.63, 3.8) is 0 Å². The minimum atomic E-state index is -4.41. The molecule has 110 valence electrons. The van der Waals surface area contributed by atoms with Crippen LogP contribution in [0, 0.1) is 5.41 Å². The largest absolute Gasteiger partial charge is 0.416 e. The Hall–Kier alpha value is -1.56. The molecule has 3 N–H and O–H groups in total. The summed E-state index contributed by atoms with van der Waals surface area (Å²) >= 11 is 0. The second-order valence-corrected chi connectivity index (χ2v) is 5.36. The van der Waals surface area contributed by atoms with Gasteiger partial charge in [0.25, 0.3) is 0 Å². The van der Waals surface area contributed by atoms with Crippen molar-refractivity contribution in [2.24, 2.45) is 11.1 Å². The van der Waals surface area contributed by atoms with E-state index in [0.29, 0.717) is 6.54 Å². The van der Waals surface area contributed by atoms with Gasteiger partial charge in [-0.15, -0.1) is 0 Å². The summed E-state index contributed by atoms with van der Waals surface area (Å²) in [6.07, 6.45) is -1.29. The summed E-state index contributed by atoms with van der Waals surface area (Å²) in [5.74, 6) is -0.283. The maximum Gasteiger partial charge on any atom is 0.416 e. The van der Waals surface area contributed by atoms with Crippen LogP contribution in [0.5, 0.6) is 0 Å². The van der Waals surface area contributed by atoms with Crippen molar-refractivity contribution in [1.29, 1.82) is 0 Å². The van der Waals surface area contributed by atoms with Gasteiger partial charge in [0.15, 0.2) is 0 Å². The van der Waals surface area contributed by atoms with Crippen LogP contribution in [0.3, 0.4) is 0 Å². The maximum atomic E-state index is 12.6. The van der Waals surface area contributed by atoms with Gasteiger partial charge in [0.1, 0.15) is 0 Å². The minimum Gasteiger partial charge on any atom is -0.330 e. The van der Waals surface area contributed by atoms with Gasteiger partial charge in [0.05, 0.1) is 5.56 Å². The third-order valence-corrected chi connectivity index (χ3v) is 3.86. The summed E-state index contributed by atoms with van der Waals surface area (Å²) in [4.78, 5) is 11.9. The lowest BCUT2D eigenvalue weighted by Crippen LogP contribution is -2.40. The third kappa shape index (κ3) is 3.30. The second-order valence-electron chi connectivity index (χ2n) is 5.36. The Labute approximate surface area is 115 Å². The number of carbonyl (C=O) groups excluding carboxylic acids is 1. The molecule has 6 heteroatoms. The molecule has 0 saturated heterocycles. The van der Waals surface area contributed by atoms with E-state index < -0.39 is 11.7 Å². The van der Waals surface area contributed by atoms with E-state index in [9.17, 15) is 18.0 Å². The highest BCUT2D eigenvalue weighted by atomic mass is 19.4. The van der Waals surface area contributed by atoms with Crippen LogP contribution >= 0.6 is 0 Å². The molecule has 1 amide bonds. The topological polar surface area (TPSA) is 55.1 Å². The third-order valence-electron chi connectivity index (χ3n) is 3.86. The maximum absolute atomic E-state index is 12.6. The number of hydrogen-bond acceptors (Lipinski definition) is 2. The quantitative estimate of drug-likeness (QED) is 0.893. The number of nitrogens with two attached hydrogens (primary N) is 1. The average molecular weight is 286 g/mol. The van der Waals surface area contributed by atoms with Crippen LogP contribution < -0.4 is 11.1 Å². The molecule has 1 saturated carbocycles. The van der Waals surface area contributed by atoms with Gasteiger partial charge in [0.2, 0.25) is 5.91 Å². The molecule has 1 aliphatic rings. The van der Waals surface area contributed by atoms with Gasteiger partial charge in [0, 0.05) is 12.1 Å². The predicted octanol–water partition coefficient (Wildman–Crippen LogP) is 3.16. The van der Waals surface area contributed by atoms with Crippen LogP contribution in [0.15, 0.2) is 24.3 Å². The molecule has 1 fully saturated rings. The van der Waals surface area contributed by atoms with Gasteiger partial charge in [-0.25, -0.2) is 0 Å². The lowest BCUT2D eigenvalue weighted by Gasteiger charge is -2.40. The molecular weight excluding hydrogens is 269 g/mol. The van der Waals surface area contributed by atoms with Gasteiger partial charge in [-0.05, 0) is 43.0 Å². The van der Waals surface area contributed by atoms with Crippen molar-refractivity contribution in [2.75, 3.05) is 11.9 Å². The van der Waals surface area contributed by atoms with Crippen molar-refractivity contribution in [2.45, 2.75) is 31.9 Å². The highest BCUT2D eigenvalue weighted by molar-refractivity contribution is 5.91. The number of hydrogen-bond donors (Lipinski definition) is 2. The molecular formula is C14H17F3N2O. The first kappa shape index (κ1) is 14.8. The van der Waals surface area contributed by atoms with E-state index in [-0.39, 0.29) is 23.4 Å². The van der Waals surface area contributed by atoms with Gasteiger partial charge < -0.3 is 11.1 Å². The van der Waals surface area contributed by atoms with Gasteiger partial charge >= 0.3 is 6.18 Å². The summed E-state index contributed by atoms with van der Waals surface area (Å²) < 4.78 is 37.7. The Balaban J connectivity index is 2.01. The standard InChI is InChI=1S/C14H17F3N2O/c15-14(16,17)10-3-1-4-11(7-10)19-12(20)8-13(9-18)5-2-6-13/h1,3-4,7H,2,5-6,8-9,18H2,(H,19,20). The predicted molar refractivity (Wildman–Crippen MR) is 70.0 cm³/mol. The van der Waals surface area contributed by atoms with Crippen molar-refractivity contribution < 1.29 is 18.0 Å². The second kappa shape index (κ2) is 5.44. The Kier molecular flexibility index (Phi) is 4.04. The molecule has 2 rings (SSSR count). The van der Waals surface area contributed by atoms with E-state index in [1.54, 1.807) is 0 Å². The molecule has 1 aliphatic carbocycles. The number of alkyl halides is 3. The number of nitrogens with one attached hydrogen (secondary N) is 1. The summed E-state index contributed by atoms with van der Waals surface area (Å²) in [5, 5.41) is 2.52. The van der Waals surface area contributed by atoms with E-state index in [1.807, 2.05) is 0 Å². The van der Waals surface area contributed by atoms with Crippen LogP contribution in [0.4, 0.5) is 18.9 Å². The van der Waals surface area contributed by atoms with Gasteiger partial charge in [-0.3, -0.25) is 4.79 Å². The van der Waals surface area contributed by atoms with Crippen LogP contribution in [0.2, 0.25) is 0 Å². The molecule has 0 aromatic heterocycles. The summed E-state index contributed by atoms with van der Waals surface area (Å²) in [6, 6.07) is 4.64. The van der Waals surface area contributed by atoms with Crippen molar-refractivity contribution in [3.05, 3.63) is 29.8 Å². The fraction of sp³-hybridized carbons (Fsp3) is 0.500. The number of halogens is 3. The zero-order chi connectivity index (χ0) is 14.8. The van der Waals surface area contributed by atoms with Crippen LogP contribution in [0.1, 0.15) is 31.2 Å². The Morgan fingerprint density at radius 2 is 2.05 bits per heavy atom. The van der Waals surface area contributed by atoms with Crippen LogP contribution in [-0.4, -0.2) is 12.5 Å². The van der Waals surface area contributed by atoms with E-state index >= 15 is 0 Å². The Morgan fingerprint density at radius 3 is 2.55 bits per heavy atom. The van der Waals surface area contributed by atoms with Gasteiger partial charge in [-0.2, -0.15) is 13.2 Å². The lowest BCUT2D eigenvalue weighted by atomic mass is 9.66.